The molecule has 0 saturated carbocycles. The van der Waals surface area contributed by atoms with Crippen LogP contribution in [0.5, 0.6) is 0 Å². The summed E-state index contributed by atoms with van der Waals surface area (Å²) in [6.45, 7) is 4.70. The molecular weight excluding hydrogens is 347 g/mol. The third-order valence-electron chi connectivity index (χ3n) is 5.28. The molecule has 0 aliphatic carbocycles. The number of carbonyl (C=O) groups excluding carboxylic acids is 1. The molecule has 0 atom stereocenters. The van der Waals surface area contributed by atoms with E-state index in [2.05, 4.69) is 11.9 Å². The van der Waals surface area contributed by atoms with Crippen LogP contribution in [0.1, 0.15) is 29.0 Å². The van der Waals surface area contributed by atoms with Gasteiger partial charge in [0, 0.05) is 43.4 Å². The first kappa shape index (κ1) is 18.2. The van der Waals surface area contributed by atoms with Crippen molar-refractivity contribution in [3.8, 4) is 0 Å². The van der Waals surface area contributed by atoms with Crippen LogP contribution >= 0.6 is 12.4 Å². The van der Waals surface area contributed by atoms with Gasteiger partial charge in [0.15, 0.2) is 5.76 Å². The number of hydrogen-bond acceptors (Lipinski definition) is 4. The molecule has 7 heteroatoms. The number of aryl methyl sites for hydroxylation is 1. The molecule has 0 bridgehead atoms. The van der Waals surface area contributed by atoms with Crippen LogP contribution in [0.4, 0.5) is 4.39 Å². The van der Waals surface area contributed by atoms with Crippen LogP contribution in [-0.2, 0) is 4.74 Å². The number of ether oxygens (including phenoxy) is 1. The lowest BCUT2D eigenvalue weighted by Gasteiger charge is -2.42. The van der Waals surface area contributed by atoms with Crippen molar-refractivity contribution in [2.45, 2.75) is 25.5 Å². The van der Waals surface area contributed by atoms with E-state index >= 15 is 0 Å². The van der Waals surface area contributed by atoms with Crippen LogP contribution in [0.2, 0.25) is 0 Å². The monoisotopic (exact) mass is 368 g/mol. The largest absolute Gasteiger partial charge is 0.451 e. The van der Waals surface area contributed by atoms with Gasteiger partial charge in [0.25, 0.3) is 5.91 Å². The Morgan fingerprint density at radius 3 is 2.68 bits per heavy atom. The van der Waals surface area contributed by atoms with E-state index in [1.54, 1.807) is 17.9 Å². The summed E-state index contributed by atoms with van der Waals surface area (Å²) in [6.07, 6.45) is 1.59. The third-order valence-corrected chi connectivity index (χ3v) is 5.28. The van der Waals surface area contributed by atoms with Crippen LogP contribution < -0.4 is 0 Å². The smallest absolute Gasteiger partial charge is 0.292 e. The average Bonchev–Trinajstić information content (AvgIpc) is 3.12. The van der Waals surface area contributed by atoms with Crippen molar-refractivity contribution < 1.29 is 18.3 Å². The van der Waals surface area contributed by atoms with Crippen molar-refractivity contribution in [3.05, 3.63) is 35.3 Å². The molecule has 4 rings (SSSR count). The lowest BCUT2D eigenvalue weighted by Crippen LogP contribution is -2.54. The second-order valence-corrected chi connectivity index (χ2v) is 6.75. The normalized spacial score (nSPS) is 20.2. The molecule has 0 radical (unpaired) electrons. The van der Waals surface area contributed by atoms with Gasteiger partial charge in [-0.3, -0.25) is 4.79 Å². The summed E-state index contributed by atoms with van der Waals surface area (Å²) >= 11 is 0. The first-order valence-corrected chi connectivity index (χ1v) is 8.33. The van der Waals surface area contributed by atoms with Gasteiger partial charge in [0.05, 0.1) is 6.61 Å². The Labute approximate surface area is 152 Å². The summed E-state index contributed by atoms with van der Waals surface area (Å²) in [5, 5.41) is 0.649. The Morgan fingerprint density at radius 2 is 1.96 bits per heavy atom. The summed E-state index contributed by atoms with van der Waals surface area (Å²) in [5.74, 6) is -0.202. The predicted molar refractivity (Wildman–Crippen MR) is 94.6 cm³/mol. The maximum absolute atomic E-state index is 13.5. The summed E-state index contributed by atoms with van der Waals surface area (Å²) in [7, 11) is 2.08. The molecule has 0 N–H and O–H groups in total. The van der Waals surface area contributed by atoms with Gasteiger partial charge in [-0.15, -0.1) is 12.4 Å². The molecule has 1 amide bonds. The minimum absolute atomic E-state index is 0. The van der Waals surface area contributed by atoms with E-state index in [4.69, 9.17) is 9.15 Å². The fourth-order valence-electron chi connectivity index (χ4n) is 3.80. The molecule has 0 unspecified atom stereocenters. The van der Waals surface area contributed by atoms with Gasteiger partial charge in [0.2, 0.25) is 0 Å². The zero-order chi connectivity index (χ0) is 16.9. The molecule has 2 saturated heterocycles. The van der Waals surface area contributed by atoms with Crippen LogP contribution in [0.15, 0.2) is 22.6 Å². The molecule has 1 aromatic heterocycles. The number of piperidine rings is 1. The van der Waals surface area contributed by atoms with E-state index in [1.165, 1.54) is 12.1 Å². The van der Waals surface area contributed by atoms with E-state index in [9.17, 15) is 9.18 Å². The van der Waals surface area contributed by atoms with Gasteiger partial charge >= 0.3 is 0 Å². The van der Waals surface area contributed by atoms with E-state index in [0.29, 0.717) is 35.4 Å². The number of nitrogens with zero attached hydrogens (tertiary/aromatic N) is 2. The minimum Gasteiger partial charge on any atom is -0.451 e. The van der Waals surface area contributed by atoms with Crippen LogP contribution in [0.3, 0.4) is 0 Å². The zero-order valence-corrected chi connectivity index (χ0v) is 15.2. The van der Waals surface area contributed by atoms with Crippen molar-refractivity contribution >= 4 is 29.3 Å². The summed E-state index contributed by atoms with van der Waals surface area (Å²) in [4.78, 5) is 17.2. The van der Waals surface area contributed by atoms with E-state index in [-0.39, 0.29) is 24.1 Å². The van der Waals surface area contributed by atoms with E-state index in [1.807, 2.05) is 0 Å². The van der Waals surface area contributed by atoms with Gasteiger partial charge in [-0.05, 0) is 32.2 Å². The number of rotatable bonds is 1. The van der Waals surface area contributed by atoms with Crippen LogP contribution in [-0.4, -0.2) is 54.7 Å². The Kier molecular flexibility index (Phi) is 4.79. The standard InChI is InChI=1S/C18H21FN2O3.ClH/c1-12-14-11-13(19)3-4-15(14)24-16(12)17(22)21-9-10-23-18(21)5-7-20(2)8-6-18;/h3-4,11H,5-10H2,1-2H3;1H. The molecule has 1 spiro atoms. The van der Waals surface area contributed by atoms with Gasteiger partial charge in [-0.2, -0.15) is 0 Å². The molecular formula is C18H22ClFN2O3. The summed E-state index contributed by atoms with van der Waals surface area (Å²) in [5.41, 5.74) is 0.694. The van der Waals surface area contributed by atoms with Crippen molar-refractivity contribution in [1.82, 2.24) is 9.80 Å². The molecule has 2 aliphatic heterocycles. The topological polar surface area (TPSA) is 45.9 Å². The maximum atomic E-state index is 13.5. The van der Waals surface area contributed by atoms with E-state index in [0.717, 1.165) is 25.9 Å². The van der Waals surface area contributed by atoms with Crippen molar-refractivity contribution in [2.75, 3.05) is 33.3 Å². The summed E-state index contributed by atoms with van der Waals surface area (Å²) < 4.78 is 25.2. The lowest BCUT2D eigenvalue weighted by molar-refractivity contribution is -0.103. The number of hydrogen-bond donors (Lipinski definition) is 0. The second kappa shape index (κ2) is 6.59. The number of fused-ring (bicyclic) bond motifs is 1. The van der Waals surface area contributed by atoms with Crippen molar-refractivity contribution in [3.63, 3.8) is 0 Å². The summed E-state index contributed by atoms with van der Waals surface area (Å²) in [6, 6.07) is 4.33. The molecule has 5 nitrogen and oxygen atoms in total. The Morgan fingerprint density at radius 1 is 1.24 bits per heavy atom. The highest BCUT2D eigenvalue weighted by molar-refractivity contribution is 5.99. The highest BCUT2D eigenvalue weighted by Gasteiger charge is 2.47. The van der Waals surface area contributed by atoms with Crippen LogP contribution in [0, 0.1) is 12.7 Å². The number of halogens is 2. The van der Waals surface area contributed by atoms with Crippen molar-refractivity contribution in [2.24, 2.45) is 0 Å². The van der Waals surface area contributed by atoms with E-state index < -0.39 is 5.72 Å². The third kappa shape index (κ3) is 2.92. The zero-order valence-electron chi connectivity index (χ0n) is 14.4. The van der Waals surface area contributed by atoms with Gasteiger partial charge in [0.1, 0.15) is 17.1 Å². The SMILES string of the molecule is Cc1c(C(=O)N2CCOC23CCN(C)CC3)oc2ccc(F)cc12.Cl. The lowest BCUT2D eigenvalue weighted by atomic mass is 9.98. The van der Waals surface area contributed by atoms with Gasteiger partial charge in [-0.1, -0.05) is 0 Å². The molecule has 2 fully saturated rings. The Balaban J connectivity index is 0.00000182. The predicted octanol–water partition coefficient (Wildman–Crippen LogP) is 3.20. The minimum atomic E-state index is -0.528. The highest BCUT2D eigenvalue weighted by Crippen LogP contribution is 2.36. The number of likely N-dealkylation sites (tertiary alicyclic amines) is 1. The number of carbonyl (C=O) groups is 1. The Bertz CT molecular complexity index is 799. The molecule has 3 heterocycles. The average molecular weight is 369 g/mol. The van der Waals surface area contributed by atoms with Gasteiger partial charge in [-0.25, -0.2) is 4.39 Å². The molecule has 1 aromatic carbocycles. The van der Waals surface area contributed by atoms with Gasteiger partial charge < -0.3 is 19.0 Å². The second-order valence-electron chi connectivity index (χ2n) is 6.75. The maximum Gasteiger partial charge on any atom is 0.292 e. The number of benzene rings is 1. The fraction of sp³-hybridized carbons (Fsp3) is 0.500. The fourth-order valence-corrected chi connectivity index (χ4v) is 3.80. The number of furan rings is 1. The first-order valence-electron chi connectivity index (χ1n) is 8.33. The first-order chi connectivity index (χ1) is 11.5. The number of amides is 1. The van der Waals surface area contributed by atoms with Crippen molar-refractivity contribution in [1.29, 1.82) is 0 Å². The Hall–Kier alpha value is -1.63. The highest BCUT2D eigenvalue weighted by atomic mass is 35.5. The quantitative estimate of drug-likeness (QED) is 0.775. The van der Waals surface area contributed by atoms with Crippen LogP contribution in [0.25, 0.3) is 11.0 Å². The molecule has 136 valence electrons. The molecule has 2 aliphatic rings. The molecule has 2 aromatic rings. The molecule has 25 heavy (non-hydrogen) atoms.